The Morgan fingerprint density at radius 1 is 0.701 bits per heavy atom. The minimum absolute atomic E-state index is 0.0133. The van der Waals surface area contributed by atoms with Crippen LogP contribution < -0.4 is 64.3 Å². The van der Waals surface area contributed by atoms with Crippen molar-refractivity contribution in [3.8, 4) is 5.75 Å². The molecule has 2 rings (SSSR count). The van der Waals surface area contributed by atoms with E-state index < -0.39 is 185 Å². The predicted octanol–water partition coefficient (Wildman–Crippen LogP) is -7.81. The maximum Gasteiger partial charge on any atom is 0.524 e. The summed E-state index contributed by atoms with van der Waals surface area (Å²) in [5.74, 6) is -13.3. The molecular weight excluding hydrogens is 1050 g/mol. The first kappa shape index (κ1) is 65.8. The van der Waals surface area contributed by atoms with E-state index in [2.05, 4.69) is 47.1 Å². The molecule has 430 valence electrons. The number of carbonyl (C=O) groups is 12. The lowest BCUT2D eigenvalue weighted by molar-refractivity contribution is -0.143. The van der Waals surface area contributed by atoms with Crippen molar-refractivity contribution in [3.63, 3.8) is 0 Å². The van der Waals surface area contributed by atoms with Crippen molar-refractivity contribution in [3.05, 3.63) is 29.8 Å². The second-order valence-electron chi connectivity index (χ2n) is 18.3. The number of aliphatic carboxylic acids is 1. The zero-order chi connectivity index (χ0) is 58.5. The fraction of sp³-hybridized carbons (Fsp3) is 0.591. The second-order valence-corrected chi connectivity index (χ2v) is 19.5. The number of benzene rings is 1. The molecule has 0 radical (unpaired) electrons. The summed E-state index contributed by atoms with van der Waals surface area (Å²) >= 11 is 0. The van der Waals surface area contributed by atoms with Crippen LogP contribution in [0.15, 0.2) is 24.3 Å². The number of hydrogen-bond donors (Lipinski definition) is 17. The molecular formula is C44H69N12O20P. The number of hydrogen-bond acceptors (Lipinski definition) is 18. The first-order valence-corrected chi connectivity index (χ1v) is 25.4. The number of aliphatic hydroxyl groups is 3. The van der Waals surface area contributed by atoms with E-state index in [1.165, 1.54) is 19.1 Å². The minimum atomic E-state index is -5.00. The minimum Gasteiger partial charge on any atom is -0.480 e. The molecule has 1 aliphatic heterocycles. The van der Waals surface area contributed by atoms with Crippen molar-refractivity contribution >= 4 is 78.8 Å². The van der Waals surface area contributed by atoms with Gasteiger partial charge in [0.25, 0.3) is 0 Å². The van der Waals surface area contributed by atoms with Gasteiger partial charge in [0.05, 0.1) is 38.3 Å². The zero-order valence-electron chi connectivity index (χ0n) is 42.5. The third kappa shape index (κ3) is 23.2. The van der Waals surface area contributed by atoms with Crippen LogP contribution in [0.1, 0.15) is 71.8 Å². The Morgan fingerprint density at radius 3 is 1.81 bits per heavy atom. The molecule has 0 unspecified atom stereocenters. The van der Waals surface area contributed by atoms with E-state index in [0.29, 0.717) is 0 Å². The van der Waals surface area contributed by atoms with Crippen LogP contribution in [-0.4, -0.2) is 193 Å². The Bertz CT molecular complexity index is 2350. The highest BCUT2D eigenvalue weighted by molar-refractivity contribution is 7.46. The lowest BCUT2D eigenvalue weighted by atomic mass is 10.0. The average molecular weight is 1120 g/mol. The molecule has 10 atom stereocenters. The SMILES string of the molecule is CC(C)C[C@H](NC(=O)[C@H](CC(N)=O)NC(=O)CNC(=O)[C@H](CCC(N)=O)NC(=O)[C@H](Cc1ccc(OP(=O)(O)O)cc1)NC(=O)[C@@H]1CCCN1C(=O)CNC(=O)[C@@H](NC(=O)[C@H](CO)NC(=O)[C@@H](N)[C@@H](C)O)[C@@H](C)O)C(=O)O. The Labute approximate surface area is 440 Å². The number of nitrogens with zero attached hydrogens (tertiary/aromatic N) is 1. The number of amides is 11. The Hall–Kier alpha value is -7.35. The number of nitrogens with one attached hydrogen (secondary N) is 8. The molecule has 0 aliphatic carbocycles. The van der Waals surface area contributed by atoms with Crippen LogP contribution in [0.2, 0.25) is 0 Å². The smallest absolute Gasteiger partial charge is 0.480 e. The molecule has 0 saturated carbocycles. The van der Waals surface area contributed by atoms with Gasteiger partial charge in [-0.15, -0.1) is 0 Å². The molecule has 0 aromatic heterocycles. The van der Waals surface area contributed by atoms with E-state index in [4.69, 9.17) is 17.2 Å². The summed E-state index contributed by atoms with van der Waals surface area (Å²) in [5.41, 5.74) is 16.4. The Morgan fingerprint density at radius 2 is 1.27 bits per heavy atom. The van der Waals surface area contributed by atoms with E-state index in [0.717, 1.165) is 24.0 Å². The Kier molecular flexibility index (Phi) is 26.5. The molecule has 20 N–H and O–H groups in total. The number of phosphoric acid groups is 1. The molecule has 0 spiro atoms. The number of carboxylic acids is 1. The fourth-order valence-corrected chi connectivity index (χ4v) is 7.72. The van der Waals surface area contributed by atoms with Crippen LogP contribution in [0.4, 0.5) is 0 Å². The van der Waals surface area contributed by atoms with Gasteiger partial charge in [0, 0.05) is 19.4 Å². The first-order chi connectivity index (χ1) is 35.8. The topological polar surface area (TPSA) is 530 Å². The number of primary amides is 2. The number of rotatable bonds is 32. The standard InChI is InChI=1S/C44H69N12O20P/c1-20(2)14-28(44(71)72)53-39(66)27(16-32(46)61)50-33(62)17-48-37(64)25(11-12-31(45)60)51-38(65)26(15-23-7-9-24(10-8-23)76-77(73,74)75)52-41(68)30-6-5-13-56(30)34(63)18-49-43(70)36(22(4)59)55-40(67)29(19-57)54-42(69)35(47)21(3)58/h7-10,20-22,25-30,35-36,57-59H,5-6,11-19,47H2,1-4H3,(H2,45,60)(H2,46,61)(H,48,64)(H,49,70)(H,50,62)(H,51,65)(H,52,68)(H,53,66)(H,54,69)(H,55,67)(H,71,72)(H2,73,74,75)/t21-,22-,25+,26+,27+,28+,29+,30+,35+,36+/m1/s1. The van der Waals surface area contributed by atoms with Crippen molar-refractivity contribution < 1.29 is 96.8 Å². The van der Waals surface area contributed by atoms with Gasteiger partial charge in [0.15, 0.2) is 0 Å². The van der Waals surface area contributed by atoms with Crippen LogP contribution in [0, 0.1) is 5.92 Å². The van der Waals surface area contributed by atoms with Crippen LogP contribution in [0.5, 0.6) is 5.75 Å². The predicted molar refractivity (Wildman–Crippen MR) is 263 cm³/mol. The van der Waals surface area contributed by atoms with Crippen LogP contribution in [-0.2, 0) is 68.5 Å². The lowest BCUT2D eigenvalue weighted by Gasteiger charge is -2.28. The fourth-order valence-electron chi connectivity index (χ4n) is 7.33. The molecule has 0 bridgehead atoms. The van der Waals surface area contributed by atoms with Gasteiger partial charge in [0.2, 0.25) is 65.0 Å². The maximum absolute atomic E-state index is 14.1. The molecule has 1 saturated heterocycles. The van der Waals surface area contributed by atoms with Crippen molar-refractivity contribution in [2.24, 2.45) is 23.1 Å². The highest BCUT2D eigenvalue weighted by atomic mass is 31.2. The molecule has 1 aromatic rings. The molecule has 1 aromatic carbocycles. The van der Waals surface area contributed by atoms with Gasteiger partial charge in [-0.2, -0.15) is 0 Å². The summed E-state index contributed by atoms with van der Waals surface area (Å²) in [6.07, 6.45) is -4.93. The molecule has 1 fully saturated rings. The highest BCUT2D eigenvalue weighted by Gasteiger charge is 2.38. The van der Waals surface area contributed by atoms with Crippen molar-refractivity contribution in [2.45, 2.75) is 133 Å². The van der Waals surface area contributed by atoms with Crippen LogP contribution in [0.3, 0.4) is 0 Å². The third-order valence-electron chi connectivity index (χ3n) is 11.3. The van der Waals surface area contributed by atoms with Gasteiger partial charge >= 0.3 is 13.8 Å². The number of carbonyl (C=O) groups excluding carboxylic acids is 11. The van der Waals surface area contributed by atoms with Gasteiger partial charge in [-0.1, -0.05) is 26.0 Å². The van der Waals surface area contributed by atoms with Gasteiger partial charge < -0.3 is 89.6 Å². The largest absolute Gasteiger partial charge is 0.524 e. The summed E-state index contributed by atoms with van der Waals surface area (Å²) in [5, 5.41) is 57.1. The number of nitrogens with two attached hydrogens (primary N) is 3. The molecule has 1 heterocycles. The monoisotopic (exact) mass is 1120 g/mol. The van der Waals surface area contributed by atoms with Crippen LogP contribution >= 0.6 is 7.82 Å². The first-order valence-electron chi connectivity index (χ1n) is 23.9. The Balaban J connectivity index is 2.34. The average Bonchev–Trinajstić information content (AvgIpc) is 3.83. The number of aliphatic hydroxyl groups excluding tert-OH is 3. The van der Waals surface area contributed by atoms with E-state index in [9.17, 15) is 92.3 Å². The zero-order valence-corrected chi connectivity index (χ0v) is 43.4. The second kappa shape index (κ2) is 31.0. The number of phosphoric ester groups is 1. The number of carboxylic acid groups (broad SMARTS) is 1. The van der Waals surface area contributed by atoms with Crippen molar-refractivity contribution in [1.82, 2.24) is 47.4 Å². The van der Waals surface area contributed by atoms with Gasteiger partial charge in [-0.05, 0) is 63.1 Å². The van der Waals surface area contributed by atoms with Crippen LogP contribution in [0.25, 0.3) is 0 Å². The van der Waals surface area contributed by atoms with Gasteiger partial charge in [-0.3, -0.25) is 62.5 Å². The summed E-state index contributed by atoms with van der Waals surface area (Å²) in [7, 11) is -5.00. The van der Waals surface area contributed by atoms with Gasteiger partial charge in [0.1, 0.15) is 54.1 Å². The van der Waals surface area contributed by atoms with Gasteiger partial charge in [-0.25, -0.2) is 9.36 Å². The maximum atomic E-state index is 14.1. The number of likely N-dealkylation sites (tertiary alicyclic amines) is 1. The van der Waals surface area contributed by atoms with Crippen molar-refractivity contribution in [2.75, 3.05) is 26.2 Å². The summed E-state index contributed by atoms with van der Waals surface area (Å²) in [4.78, 5) is 175. The molecule has 11 amide bonds. The van der Waals surface area contributed by atoms with Crippen molar-refractivity contribution in [1.29, 1.82) is 0 Å². The highest BCUT2D eigenvalue weighted by Crippen LogP contribution is 2.37. The molecule has 32 nitrogen and oxygen atoms in total. The summed E-state index contributed by atoms with van der Waals surface area (Å²) in [6.45, 7) is 2.91. The molecule has 33 heteroatoms. The molecule has 77 heavy (non-hydrogen) atoms. The van der Waals surface area contributed by atoms with E-state index >= 15 is 0 Å². The van der Waals surface area contributed by atoms with E-state index in [1.807, 2.05) is 0 Å². The quantitative estimate of drug-likeness (QED) is 0.0298. The summed E-state index contributed by atoms with van der Waals surface area (Å²) in [6, 6.07) is -7.86. The van der Waals surface area contributed by atoms with E-state index in [1.54, 1.807) is 13.8 Å². The third-order valence-corrected chi connectivity index (χ3v) is 11.8. The lowest BCUT2D eigenvalue weighted by Crippen LogP contribution is -2.60. The normalized spacial score (nSPS) is 16.8. The summed E-state index contributed by atoms with van der Waals surface area (Å²) < 4.78 is 16.0. The van der Waals surface area contributed by atoms with E-state index in [-0.39, 0.29) is 43.0 Å². The molecule has 1 aliphatic rings.